The maximum atomic E-state index is 14.0. The molecule has 4 rings (SSSR count). The first-order valence-corrected chi connectivity index (χ1v) is 9.71. The van der Waals surface area contributed by atoms with Crippen LogP contribution in [0.3, 0.4) is 0 Å². The lowest BCUT2D eigenvalue weighted by atomic mass is 10.1. The van der Waals surface area contributed by atoms with E-state index in [1.165, 1.54) is 11.6 Å². The minimum Gasteiger partial charge on any atom is -0.369 e. The van der Waals surface area contributed by atoms with Crippen LogP contribution in [0.5, 0.6) is 0 Å². The van der Waals surface area contributed by atoms with Gasteiger partial charge >= 0.3 is 0 Å². The van der Waals surface area contributed by atoms with Gasteiger partial charge in [0.05, 0.1) is 18.0 Å². The zero-order chi connectivity index (χ0) is 19.5. The van der Waals surface area contributed by atoms with E-state index in [2.05, 4.69) is 35.0 Å². The van der Waals surface area contributed by atoms with Crippen molar-refractivity contribution in [3.63, 3.8) is 0 Å². The molecule has 0 aliphatic carbocycles. The first kappa shape index (κ1) is 18.8. The highest BCUT2D eigenvalue weighted by Crippen LogP contribution is 2.26. The van der Waals surface area contributed by atoms with E-state index in [4.69, 9.17) is 4.74 Å². The standard InChI is InChI=1S/C22H25FN4O/c1-3-27-14-18(16(2)25-27)13-26-10-11-28-22(15-26)21-9-8-17(12-24-21)19-6-4-5-7-20(19)23/h4-9,12,14,22H,3,10-11,13,15H2,1-2H3/t22-/m0/s1. The summed E-state index contributed by atoms with van der Waals surface area (Å²) in [5, 5.41) is 4.53. The number of aromatic nitrogens is 3. The van der Waals surface area contributed by atoms with Crippen molar-refractivity contribution in [2.45, 2.75) is 33.0 Å². The average molecular weight is 380 g/mol. The molecule has 2 aromatic heterocycles. The van der Waals surface area contributed by atoms with Gasteiger partial charge in [0.1, 0.15) is 11.9 Å². The molecule has 0 N–H and O–H groups in total. The molecule has 1 atom stereocenters. The summed E-state index contributed by atoms with van der Waals surface area (Å²) >= 11 is 0. The number of nitrogens with zero attached hydrogens (tertiary/aromatic N) is 4. The van der Waals surface area contributed by atoms with Crippen molar-refractivity contribution in [2.24, 2.45) is 0 Å². The number of aryl methyl sites for hydroxylation is 2. The average Bonchev–Trinajstić information content (AvgIpc) is 3.08. The zero-order valence-corrected chi connectivity index (χ0v) is 16.3. The molecule has 0 saturated carbocycles. The molecule has 0 spiro atoms. The minimum atomic E-state index is -0.236. The monoisotopic (exact) mass is 380 g/mol. The molecular weight excluding hydrogens is 355 g/mol. The van der Waals surface area contributed by atoms with Crippen molar-refractivity contribution in [3.8, 4) is 11.1 Å². The molecule has 0 unspecified atom stereocenters. The highest BCUT2D eigenvalue weighted by atomic mass is 19.1. The zero-order valence-electron chi connectivity index (χ0n) is 16.3. The molecule has 3 aromatic rings. The van der Waals surface area contributed by atoms with Gasteiger partial charge in [-0.3, -0.25) is 14.6 Å². The highest BCUT2D eigenvalue weighted by molar-refractivity contribution is 5.63. The molecule has 0 radical (unpaired) electrons. The van der Waals surface area contributed by atoms with Gasteiger partial charge in [0, 0.05) is 55.3 Å². The summed E-state index contributed by atoms with van der Waals surface area (Å²) in [6.45, 7) is 8.23. The summed E-state index contributed by atoms with van der Waals surface area (Å²) in [5.41, 5.74) is 4.56. The normalized spacial score (nSPS) is 17.8. The number of hydrogen-bond acceptors (Lipinski definition) is 4. The van der Waals surface area contributed by atoms with Crippen molar-refractivity contribution in [1.29, 1.82) is 0 Å². The van der Waals surface area contributed by atoms with E-state index in [-0.39, 0.29) is 11.9 Å². The summed E-state index contributed by atoms with van der Waals surface area (Å²) in [6.07, 6.45) is 3.78. The second kappa shape index (κ2) is 8.20. The van der Waals surface area contributed by atoms with E-state index in [9.17, 15) is 4.39 Å². The van der Waals surface area contributed by atoms with Gasteiger partial charge in [-0.15, -0.1) is 0 Å². The van der Waals surface area contributed by atoms with Gasteiger partial charge in [-0.1, -0.05) is 24.3 Å². The summed E-state index contributed by atoms with van der Waals surface area (Å²) in [4.78, 5) is 6.94. The number of morpholine rings is 1. The Labute approximate surface area is 164 Å². The Morgan fingerprint density at radius 2 is 2.07 bits per heavy atom. The maximum absolute atomic E-state index is 14.0. The Kier molecular flexibility index (Phi) is 5.50. The molecule has 3 heterocycles. The first-order chi connectivity index (χ1) is 13.6. The fourth-order valence-electron chi connectivity index (χ4n) is 3.59. The molecule has 1 aliphatic rings. The van der Waals surface area contributed by atoms with E-state index < -0.39 is 0 Å². The molecule has 1 aliphatic heterocycles. The minimum absolute atomic E-state index is 0.0788. The fourth-order valence-corrected chi connectivity index (χ4v) is 3.59. The van der Waals surface area contributed by atoms with E-state index in [0.29, 0.717) is 12.2 Å². The highest BCUT2D eigenvalue weighted by Gasteiger charge is 2.24. The molecule has 1 aromatic carbocycles. The van der Waals surface area contributed by atoms with E-state index in [0.717, 1.165) is 43.1 Å². The molecule has 5 nitrogen and oxygen atoms in total. The van der Waals surface area contributed by atoms with Crippen LogP contribution in [0, 0.1) is 12.7 Å². The van der Waals surface area contributed by atoms with Crippen LogP contribution in [-0.4, -0.2) is 39.4 Å². The van der Waals surface area contributed by atoms with E-state index in [1.54, 1.807) is 18.3 Å². The van der Waals surface area contributed by atoms with Gasteiger partial charge < -0.3 is 4.74 Å². The fraction of sp³-hybridized carbons (Fsp3) is 0.364. The van der Waals surface area contributed by atoms with Crippen LogP contribution >= 0.6 is 0 Å². The molecule has 146 valence electrons. The van der Waals surface area contributed by atoms with Crippen molar-refractivity contribution >= 4 is 0 Å². The summed E-state index contributed by atoms with van der Waals surface area (Å²) < 4.78 is 21.9. The lowest BCUT2D eigenvalue weighted by Gasteiger charge is -2.32. The summed E-state index contributed by atoms with van der Waals surface area (Å²) in [7, 11) is 0. The molecule has 28 heavy (non-hydrogen) atoms. The number of hydrogen-bond donors (Lipinski definition) is 0. The van der Waals surface area contributed by atoms with Crippen molar-refractivity contribution in [2.75, 3.05) is 19.7 Å². The number of benzene rings is 1. The van der Waals surface area contributed by atoms with Crippen molar-refractivity contribution < 1.29 is 9.13 Å². The largest absolute Gasteiger partial charge is 0.369 e. The Balaban J connectivity index is 1.45. The molecule has 1 saturated heterocycles. The molecule has 1 fully saturated rings. The van der Waals surface area contributed by atoms with E-state index >= 15 is 0 Å². The summed E-state index contributed by atoms with van der Waals surface area (Å²) in [5.74, 6) is -0.236. The van der Waals surface area contributed by atoms with Crippen LogP contribution in [0.2, 0.25) is 0 Å². The number of rotatable bonds is 5. The maximum Gasteiger partial charge on any atom is 0.131 e. The molecular formula is C22H25FN4O. The smallest absolute Gasteiger partial charge is 0.131 e. The third-order valence-corrected chi connectivity index (χ3v) is 5.22. The van der Waals surface area contributed by atoms with E-state index in [1.807, 2.05) is 22.9 Å². The van der Waals surface area contributed by atoms with Crippen LogP contribution in [0.25, 0.3) is 11.1 Å². The third-order valence-electron chi connectivity index (χ3n) is 5.22. The second-order valence-electron chi connectivity index (χ2n) is 7.14. The predicted octanol–water partition coefficient (Wildman–Crippen LogP) is 3.99. The van der Waals surface area contributed by atoms with Gasteiger partial charge in [-0.05, 0) is 26.0 Å². The number of pyridine rings is 1. The van der Waals surface area contributed by atoms with Gasteiger partial charge in [0.15, 0.2) is 0 Å². The van der Waals surface area contributed by atoms with Crippen LogP contribution in [-0.2, 0) is 17.8 Å². The van der Waals surface area contributed by atoms with Gasteiger partial charge in [0.25, 0.3) is 0 Å². The van der Waals surface area contributed by atoms with Crippen LogP contribution in [0.4, 0.5) is 4.39 Å². The molecule has 0 bridgehead atoms. The topological polar surface area (TPSA) is 43.2 Å². The van der Waals surface area contributed by atoms with Crippen LogP contribution < -0.4 is 0 Å². The van der Waals surface area contributed by atoms with Gasteiger partial charge in [-0.25, -0.2) is 4.39 Å². The number of halogens is 1. The second-order valence-corrected chi connectivity index (χ2v) is 7.14. The Morgan fingerprint density at radius 3 is 2.79 bits per heavy atom. The lowest BCUT2D eigenvalue weighted by Crippen LogP contribution is -2.38. The van der Waals surface area contributed by atoms with Gasteiger partial charge in [-0.2, -0.15) is 5.10 Å². The molecule has 0 amide bonds. The molecule has 6 heteroatoms. The lowest BCUT2D eigenvalue weighted by molar-refractivity contribution is -0.0350. The predicted molar refractivity (Wildman–Crippen MR) is 106 cm³/mol. The number of ether oxygens (including phenoxy) is 1. The summed E-state index contributed by atoms with van der Waals surface area (Å²) in [6, 6.07) is 10.6. The Morgan fingerprint density at radius 1 is 1.21 bits per heavy atom. The van der Waals surface area contributed by atoms with Crippen molar-refractivity contribution in [1.82, 2.24) is 19.7 Å². The third kappa shape index (κ3) is 3.98. The van der Waals surface area contributed by atoms with Crippen molar-refractivity contribution in [3.05, 3.63) is 71.6 Å². The quantitative estimate of drug-likeness (QED) is 0.671. The Bertz CT molecular complexity index is 938. The van der Waals surface area contributed by atoms with Gasteiger partial charge in [0.2, 0.25) is 0 Å². The Hall–Kier alpha value is -2.57. The van der Waals surface area contributed by atoms with Crippen LogP contribution in [0.15, 0.2) is 48.8 Å². The first-order valence-electron chi connectivity index (χ1n) is 9.71. The SMILES string of the molecule is CCn1cc(CN2CCO[C@H](c3ccc(-c4ccccc4F)cn3)C2)c(C)n1. The van der Waals surface area contributed by atoms with Crippen LogP contribution in [0.1, 0.15) is 30.0 Å².